The summed E-state index contributed by atoms with van der Waals surface area (Å²) in [6.07, 6.45) is 3.49. The normalized spacial score (nSPS) is 16.2. The Balaban J connectivity index is 0.964. The van der Waals surface area contributed by atoms with E-state index < -0.39 is 17.6 Å². The van der Waals surface area contributed by atoms with Crippen LogP contribution in [0.3, 0.4) is 0 Å². The lowest BCUT2D eigenvalue weighted by molar-refractivity contribution is -0.120. The molecule has 2 aromatic heterocycles. The van der Waals surface area contributed by atoms with Gasteiger partial charge in [-0.15, -0.1) is 0 Å². The molecule has 3 aromatic carbocycles. The Bertz CT molecular complexity index is 2200. The summed E-state index contributed by atoms with van der Waals surface area (Å²) in [6.45, 7) is 0.484. The zero-order chi connectivity index (χ0) is 36.8. The summed E-state index contributed by atoms with van der Waals surface area (Å²) in [5.41, 5.74) is 0.0385. The molecule has 5 aromatic rings. The number of pyridine rings is 2. The molecule has 0 bridgehead atoms. The van der Waals surface area contributed by atoms with Gasteiger partial charge in [-0.05, 0) is 54.6 Å². The molecule has 12 heteroatoms. The van der Waals surface area contributed by atoms with Crippen molar-refractivity contribution in [1.82, 2.24) is 20.2 Å². The minimum absolute atomic E-state index is 0.0839. The Morgan fingerprint density at radius 3 is 2.08 bits per heavy atom. The van der Waals surface area contributed by atoms with Crippen molar-refractivity contribution in [3.63, 3.8) is 0 Å². The predicted molar refractivity (Wildman–Crippen MR) is 195 cm³/mol. The van der Waals surface area contributed by atoms with Crippen molar-refractivity contribution < 1.29 is 33.7 Å². The van der Waals surface area contributed by atoms with Gasteiger partial charge in [-0.2, -0.15) is 0 Å². The first-order valence-electron chi connectivity index (χ1n) is 17.0. The first-order valence-corrected chi connectivity index (χ1v) is 17.0. The molecule has 2 N–H and O–H groups in total. The first-order chi connectivity index (χ1) is 25.7. The third kappa shape index (κ3) is 8.27. The van der Waals surface area contributed by atoms with Gasteiger partial charge in [0.15, 0.2) is 0 Å². The number of nitrogens with zero attached hydrogens (tertiary/aromatic N) is 4. The number of aliphatic hydroxyl groups is 1. The van der Waals surface area contributed by atoms with E-state index >= 15 is 0 Å². The third-order valence-corrected chi connectivity index (χ3v) is 8.85. The van der Waals surface area contributed by atoms with E-state index in [0.29, 0.717) is 40.0 Å². The number of para-hydroxylation sites is 2. The Morgan fingerprint density at radius 2 is 1.43 bits per heavy atom. The molecule has 1 atom stereocenters. The molecule has 4 heterocycles. The van der Waals surface area contributed by atoms with Crippen molar-refractivity contribution in [2.24, 2.45) is 0 Å². The second kappa shape index (κ2) is 15.3. The number of hydrogen-bond donors (Lipinski definition) is 2. The van der Waals surface area contributed by atoms with Crippen molar-refractivity contribution >= 4 is 23.4 Å². The number of piperidine rings is 1. The summed E-state index contributed by atoms with van der Waals surface area (Å²) in [6, 6.07) is 29.0. The van der Waals surface area contributed by atoms with Gasteiger partial charge in [-0.3, -0.25) is 24.4 Å². The highest BCUT2D eigenvalue weighted by Gasteiger charge is 2.34. The van der Waals surface area contributed by atoms with Crippen molar-refractivity contribution in [1.29, 1.82) is 0 Å². The number of fused-ring (bicyclic) bond motifs is 1. The van der Waals surface area contributed by atoms with Gasteiger partial charge < -0.3 is 34.4 Å². The number of likely N-dealkylation sites (N-methyl/N-ethyl adjacent to an activating group) is 1. The predicted octanol–water partition coefficient (Wildman–Crippen LogP) is 5.23. The SMILES string of the molecule is CN1C(=O)[C@@H](NC(=O)c2cc(Oc3ccccc3)ccn2)COc2ccc(C#CC3(O)CCN(C(=O)c4cc(Oc5ccccc5)ccn4)CC3)cc21. The highest BCUT2D eigenvalue weighted by atomic mass is 16.5. The van der Waals surface area contributed by atoms with E-state index in [4.69, 9.17) is 14.2 Å². The van der Waals surface area contributed by atoms with Crippen molar-refractivity contribution in [2.75, 3.05) is 31.6 Å². The minimum atomic E-state index is -1.32. The van der Waals surface area contributed by atoms with Crippen LogP contribution in [0, 0.1) is 11.8 Å². The van der Waals surface area contributed by atoms with Gasteiger partial charge in [0.2, 0.25) is 0 Å². The summed E-state index contributed by atoms with van der Waals surface area (Å²) in [5, 5.41) is 14.0. The Hall–Kier alpha value is -6.71. The number of amides is 3. The van der Waals surface area contributed by atoms with E-state index in [-0.39, 0.29) is 55.7 Å². The van der Waals surface area contributed by atoms with Crippen molar-refractivity contribution in [2.45, 2.75) is 24.5 Å². The highest BCUT2D eigenvalue weighted by Crippen LogP contribution is 2.32. The third-order valence-electron chi connectivity index (χ3n) is 8.85. The van der Waals surface area contributed by atoms with Crippen molar-refractivity contribution in [3.8, 4) is 40.6 Å². The monoisotopic (exact) mass is 709 g/mol. The second-order valence-electron chi connectivity index (χ2n) is 12.6. The van der Waals surface area contributed by atoms with E-state index in [1.165, 1.54) is 23.4 Å². The zero-order valence-electron chi connectivity index (χ0n) is 28.8. The molecule has 0 spiro atoms. The maximum atomic E-state index is 13.5. The van der Waals surface area contributed by atoms with Gasteiger partial charge in [0.25, 0.3) is 17.7 Å². The number of nitrogens with one attached hydrogen (secondary N) is 1. The topological polar surface area (TPSA) is 143 Å². The average molecular weight is 710 g/mol. The van der Waals surface area contributed by atoms with E-state index in [1.54, 1.807) is 60.5 Å². The molecule has 1 fully saturated rings. The quantitative estimate of drug-likeness (QED) is 0.217. The Morgan fingerprint density at radius 1 is 0.830 bits per heavy atom. The number of hydrogen-bond acceptors (Lipinski definition) is 9. The van der Waals surface area contributed by atoms with Crippen molar-refractivity contribution in [3.05, 3.63) is 132 Å². The van der Waals surface area contributed by atoms with Gasteiger partial charge in [0.1, 0.15) is 58.4 Å². The smallest absolute Gasteiger partial charge is 0.272 e. The molecular formula is C41H35N5O7. The summed E-state index contributed by atoms with van der Waals surface area (Å²) < 4.78 is 17.6. The van der Waals surface area contributed by atoms with Crippen LogP contribution in [0.1, 0.15) is 39.4 Å². The first kappa shape index (κ1) is 34.7. The molecule has 1 saturated heterocycles. The fraction of sp³-hybridized carbons (Fsp3) is 0.195. The summed E-state index contributed by atoms with van der Waals surface area (Å²) in [4.78, 5) is 51.4. The van der Waals surface area contributed by atoms with Crippen LogP contribution in [0.15, 0.2) is 116 Å². The highest BCUT2D eigenvalue weighted by molar-refractivity contribution is 6.03. The van der Waals surface area contributed by atoms with Gasteiger partial charge in [0, 0.05) is 63.1 Å². The van der Waals surface area contributed by atoms with Gasteiger partial charge >= 0.3 is 0 Å². The minimum Gasteiger partial charge on any atom is -0.489 e. The Labute approximate surface area is 306 Å². The number of carbonyl (C=O) groups excluding carboxylic acids is 3. The summed E-state index contributed by atoms with van der Waals surface area (Å²) in [5.74, 6) is 7.45. The molecule has 0 aliphatic carbocycles. The molecular weight excluding hydrogens is 674 g/mol. The number of anilines is 1. The van der Waals surface area contributed by atoms with Crippen LogP contribution in [0.25, 0.3) is 0 Å². The molecule has 2 aliphatic rings. The number of carbonyl (C=O) groups is 3. The maximum Gasteiger partial charge on any atom is 0.272 e. The van der Waals surface area contributed by atoms with E-state index in [2.05, 4.69) is 27.1 Å². The van der Waals surface area contributed by atoms with E-state index in [9.17, 15) is 19.5 Å². The fourth-order valence-corrected chi connectivity index (χ4v) is 5.91. The number of ether oxygens (including phenoxy) is 3. The summed E-state index contributed by atoms with van der Waals surface area (Å²) >= 11 is 0. The summed E-state index contributed by atoms with van der Waals surface area (Å²) in [7, 11) is 1.59. The van der Waals surface area contributed by atoms with Gasteiger partial charge in [-0.1, -0.05) is 48.2 Å². The lowest BCUT2D eigenvalue weighted by atomic mass is 9.91. The number of likely N-dealkylation sites (tertiary alicyclic amines) is 1. The number of benzene rings is 3. The molecule has 53 heavy (non-hydrogen) atoms. The largest absolute Gasteiger partial charge is 0.489 e. The average Bonchev–Trinajstić information content (AvgIpc) is 3.30. The van der Waals surface area contributed by atoms with Crippen LogP contribution in [0.2, 0.25) is 0 Å². The maximum absolute atomic E-state index is 13.5. The second-order valence-corrected chi connectivity index (χ2v) is 12.6. The molecule has 2 aliphatic heterocycles. The van der Waals surface area contributed by atoms with Crippen LogP contribution < -0.4 is 24.4 Å². The standard InChI is InChI=1S/C41H35N5O7/c1-45-36-24-28(14-17-41(50)18-22-46(23-19-41)40(49)34-26-32(16-21-43-34)53-30-10-6-3-7-11-30)12-13-37(36)51-27-35(39(45)48)44-38(47)33-25-31(15-20-42-33)52-29-8-4-2-5-9-29/h2-13,15-16,20-21,24-26,35,50H,18-19,22-23,27H2,1H3,(H,44,47)/t35-/m0/s1. The number of aromatic nitrogens is 2. The van der Waals surface area contributed by atoms with Gasteiger partial charge in [-0.25, -0.2) is 0 Å². The van der Waals surface area contributed by atoms with Crippen LogP contribution in [0.5, 0.6) is 28.7 Å². The molecule has 12 nitrogen and oxygen atoms in total. The van der Waals surface area contributed by atoms with Gasteiger partial charge in [0.05, 0.1) is 5.69 Å². The lowest BCUT2D eigenvalue weighted by Gasteiger charge is -2.34. The zero-order valence-corrected chi connectivity index (χ0v) is 28.8. The molecule has 3 amide bonds. The van der Waals surface area contributed by atoms with Crippen LogP contribution in [-0.4, -0.2) is 76.1 Å². The van der Waals surface area contributed by atoms with Crippen LogP contribution in [-0.2, 0) is 4.79 Å². The van der Waals surface area contributed by atoms with E-state index in [0.717, 1.165) is 0 Å². The van der Waals surface area contributed by atoms with Crippen LogP contribution in [0.4, 0.5) is 5.69 Å². The lowest BCUT2D eigenvalue weighted by Crippen LogP contribution is -2.49. The molecule has 7 rings (SSSR count). The molecule has 266 valence electrons. The van der Waals surface area contributed by atoms with Crippen LogP contribution >= 0.6 is 0 Å². The van der Waals surface area contributed by atoms with E-state index in [1.807, 2.05) is 48.5 Å². The molecule has 0 radical (unpaired) electrons. The Kier molecular flexibility index (Phi) is 10.0. The number of rotatable bonds is 7. The fourth-order valence-electron chi connectivity index (χ4n) is 5.91. The molecule has 0 saturated carbocycles. The molecule has 0 unspecified atom stereocenters.